The zero-order valence-electron chi connectivity index (χ0n) is 16.2. The lowest BCUT2D eigenvalue weighted by atomic mass is 9.85. The summed E-state index contributed by atoms with van der Waals surface area (Å²) in [5, 5.41) is 16.1. The van der Waals surface area contributed by atoms with E-state index in [9.17, 15) is 14.7 Å². The number of nitrogens with one attached hydrogen (secondary N) is 1. The minimum atomic E-state index is -0.926. The lowest BCUT2D eigenvalue weighted by Gasteiger charge is -2.41. The van der Waals surface area contributed by atoms with E-state index >= 15 is 0 Å². The molecule has 1 fully saturated rings. The number of rotatable bonds is 5. The van der Waals surface area contributed by atoms with E-state index in [4.69, 9.17) is 4.52 Å². The first-order valence-corrected chi connectivity index (χ1v) is 9.97. The fourth-order valence-electron chi connectivity index (χ4n) is 3.20. The lowest BCUT2D eigenvalue weighted by Crippen LogP contribution is -2.51. The number of nitrogens with zero attached hydrogens (tertiary/aromatic N) is 2. The zero-order valence-corrected chi connectivity index (χ0v) is 17.0. The van der Waals surface area contributed by atoms with Crippen molar-refractivity contribution in [1.29, 1.82) is 0 Å². The van der Waals surface area contributed by atoms with Gasteiger partial charge in [-0.05, 0) is 31.4 Å². The van der Waals surface area contributed by atoms with E-state index in [-0.39, 0.29) is 17.2 Å². The van der Waals surface area contributed by atoms with Crippen LogP contribution in [0.15, 0.2) is 10.6 Å². The first kappa shape index (κ1) is 20.6. The Morgan fingerprint density at radius 3 is 2.65 bits per heavy atom. The van der Waals surface area contributed by atoms with E-state index in [1.54, 1.807) is 17.8 Å². The molecule has 2 amide bonds. The number of carbonyl (C=O) groups is 2. The van der Waals surface area contributed by atoms with E-state index in [0.29, 0.717) is 24.7 Å². The van der Waals surface area contributed by atoms with Crippen molar-refractivity contribution in [2.75, 3.05) is 24.2 Å². The molecule has 7 nitrogen and oxygen atoms in total. The number of hydrogen-bond acceptors (Lipinski definition) is 5. The molecule has 2 rings (SSSR count). The fraction of sp³-hybridized carbons (Fsp3) is 0.722. The van der Waals surface area contributed by atoms with Crippen LogP contribution in [0.4, 0.5) is 10.6 Å². The monoisotopic (exact) mass is 383 g/mol. The summed E-state index contributed by atoms with van der Waals surface area (Å²) in [6.07, 6.45) is 0.667. The second-order valence-corrected chi connectivity index (χ2v) is 9.60. The molecule has 26 heavy (non-hydrogen) atoms. The van der Waals surface area contributed by atoms with Crippen LogP contribution in [0.25, 0.3) is 0 Å². The third kappa shape index (κ3) is 4.52. The first-order chi connectivity index (χ1) is 12.1. The Morgan fingerprint density at radius 2 is 2.12 bits per heavy atom. The molecule has 0 radical (unpaired) electrons. The molecule has 2 unspecified atom stereocenters. The normalized spacial score (nSPS) is 20.5. The quantitative estimate of drug-likeness (QED) is 0.803. The van der Waals surface area contributed by atoms with Crippen molar-refractivity contribution in [3.8, 4) is 0 Å². The first-order valence-electron chi connectivity index (χ1n) is 8.98. The molecular weight excluding hydrogens is 354 g/mol. The number of likely N-dealkylation sites (tertiary alicyclic amines) is 1. The van der Waals surface area contributed by atoms with Gasteiger partial charge in [0.1, 0.15) is 5.76 Å². The van der Waals surface area contributed by atoms with Crippen molar-refractivity contribution in [2.24, 2.45) is 5.92 Å². The number of amides is 2. The maximum absolute atomic E-state index is 13.1. The minimum absolute atomic E-state index is 0.0497. The van der Waals surface area contributed by atoms with Gasteiger partial charge in [-0.25, -0.2) is 4.79 Å². The smallest absolute Gasteiger partial charge is 0.407 e. The zero-order chi connectivity index (χ0) is 19.5. The summed E-state index contributed by atoms with van der Waals surface area (Å²) in [4.78, 5) is 25.8. The molecule has 0 aromatic carbocycles. The van der Waals surface area contributed by atoms with Gasteiger partial charge in [0.25, 0.3) is 0 Å². The molecule has 1 aromatic heterocycles. The van der Waals surface area contributed by atoms with Gasteiger partial charge in [0, 0.05) is 24.6 Å². The Kier molecular flexibility index (Phi) is 6.26. The topological polar surface area (TPSA) is 95.7 Å². The number of carboxylic acid groups (broad SMARTS) is 1. The Balaban J connectivity index is 2.17. The third-order valence-corrected chi connectivity index (χ3v) is 6.26. The van der Waals surface area contributed by atoms with Gasteiger partial charge in [-0.1, -0.05) is 32.9 Å². The number of piperidine rings is 1. The van der Waals surface area contributed by atoms with Crippen molar-refractivity contribution < 1.29 is 19.2 Å². The molecule has 1 aliphatic rings. The number of anilines is 1. The van der Waals surface area contributed by atoms with E-state index in [0.717, 1.165) is 18.6 Å². The highest BCUT2D eigenvalue weighted by molar-refractivity contribution is 8.01. The highest BCUT2D eigenvalue weighted by Gasteiger charge is 2.44. The fourth-order valence-corrected chi connectivity index (χ4v) is 4.41. The summed E-state index contributed by atoms with van der Waals surface area (Å²) in [7, 11) is 0. The second kappa shape index (κ2) is 7.90. The minimum Gasteiger partial charge on any atom is -0.465 e. The molecule has 0 saturated carbocycles. The Morgan fingerprint density at radius 1 is 1.42 bits per heavy atom. The van der Waals surface area contributed by atoms with Crippen LogP contribution in [-0.2, 0) is 10.2 Å². The summed E-state index contributed by atoms with van der Waals surface area (Å²) in [5.41, 5.74) is -0.192. The van der Waals surface area contributed by atoms with Crippen LogP contribution in [0.2, 0.25) is 0 Å². The van der Waals surface area contributed by atoms with Crippen molar-refractivity contribution in [2.45, 2.75) is 57.6 Å². The van der Waals surface area contributed by atoms with Crippen molar-refractivity contribution >= 4 is 29.6 Å². The summed E-state index contributed by atoms with van der Waals surface area (Å²) >= 11 is 1.55. The maximum Gasteiger partial charge on any atom is 0.407 e. The van der Waals surface area contributed by atoms with Gasteiger partial charge < -0.3 is 19.8 Å². The van der Waals surface area contributed by atoms with Gasteiger partial charge in [0.15, 0.2) is 5.82 Å². The van der Waals surface area contributed by atoms with E-state index in [1.807, 2.05) is 34.6 Å². The van der Waals surface area contributed by atoms with E-state index in [1.165, 1.54) is 4.90 Å². The lowest BCUT2D eigenvalue weighted by molar-refractivity contribution is -0.119. The van der Waals surface area contributed by atoms with Gasteiger partial charge in [-0.15, -0.1) is 11.8 Å². The average Bonchev–Trinajstić information content (AvgIpc) is 3.04. The van der Waals surface area contributed by atoms with Gasteiger partial charge in [-0.3, -0.25) is 4.79 Å². The number of aromatic nitrogens is 1. The summed E-state index contributed by atoms with van der Waals surface area (Å²) in [6, 6.07) is 1.75. The Hall–Kier alpha value is -1.70. The molecule has 2 heterocycles. The van der Waals surface area contributed by atoms with Crippen LogP contribution in [0.5, 0.6) is 0 Å². The molecule has 2 atom stereocenters. The van der Waals surface area contributed by atoms with Crippen LogP contribution in [-0.4, -0.2) is 50.8 Å². The molecule has 0 spiro atoms. The van der Waals surface area contributed by atoms with Crippen LogP contribution in [0.3, 0.4) is 0 Å². The van der Waals surface area contributed by atoms with Crippen molar-refractivity contribution in [3.63, 3.8) is 0 Å². The second-order valence-electron chi connectivity index (χ2n) is 7.89. The summed E-state index contributed by atoms with van der Waals surface area (Å²) in [5.74, 6) is 1.65. The number of hydrogen-bond donors (Lipinski definition) is 2. The molecular formula is C18H29N3O4S. The molecule has 1 aromatic rings. The average molecular weight is 384 g/mol. The molecule has 1 saturated heterocycles. The largest absolute Gasteiger partial charge is 0.465 e. The maximum atomic E-state index is 13.1. The van der Waals surface area contributed by atoms with Crippen LogP contribution in [0.1, 0.15) is 53.2 Å². The summed E-state index contributed by atoms with van der Waals surface area (Å²) in [6.45, 7) is 10.8. The predicted molar refractivity (Wildman–Crippen MR) is 103 cm³/mol. The predicted octanol–water partition coefficient (Wildman–Crippen LogP) is 3.81. The molecule has 0 aliphatic carbocycles. The molecule has 146 valence electrons. The van der Waals surface area contributed by atoms with Crippen LogP contribution in [0, 0.1) is 5.92 Å². The van der Waals surface area contributed by atoms with Crippen LogP contribution >= 0.6 is 11.8 Å². The van der Waals surface area contributed by atoms with E-state index < -0.39 is 10.8 Å². The van der Waals surface area contributed by atoms with Gasteiger partial charge >= 0.3 is 6.09 Å². The Bertz CT molecular complexity index is 655. The van der Waals surface area contributed by atoms with Crippen molar-refractivity contribution in [3.05, 3.63) is 11.8 Å². The highest BCUT2D eigenvalue weighted by Crippen LogP contribution is 2.39. The number of thioether (sulfide) groups is 1. The standard InChI is InChI=1S/C18H29N3O4S/c1-6-26-18(5,12-8-7-9-21(11-12)16(23)24)15(22)19-14-10-13(25-20-14)17(2,3)4/h10,12H,6-9,11H2,1-5H3,(H,23,24)(H,19,20,22). The molecule has 0 bridgehead atoms. The summed E-state index contributed by atoms with van der Waals surface area (Å²) < 4.78 is 4.61. The van der Waals surface area contributed by atoms with Gasteiger partial charge in [0.05, 0.1) is 4.75 Å². The molecule has 1 aliphatic heterocycles. The van der Waals surface area contributed by atoms with Crippen molar-refractivity contribution in [1.82, 2.24) is 10.1 Å². The van der Waals surface area contributed by atoms with Gasteiger partial charge in [-0.2, -0.15) is 0 Å². The third-order valence-electron chi connectivity index (χ3n) is 4.86. The van der Waals surface area contributed by atoms with E-state index in [2.05, 4.69) is 10.5 Å². The molecule has 2 N–H and O–H groups in total. The highest BCUT2D eigenvalue weighted by atomic mass is 32.2. The Labute approximate surface area is 158 Å². The number of carbonyl (C=O) groups excluding carboxylic acids is 1. The molecule has 8 heteroatoms. The SMILES string of the molecule is CCSC(C)(C(=O)Nc1cc(C(C)(C)C)on1)C1CCCN(C(=O)O)C1. The van der Waals surface area contributed by atoms with Crippen LogP contribution < -0.4 is 5.32 Å². The van der Waals surface area contributed by atoms with Gasteiger partial charge in [0.2, 0.25) is 5.91 Å².